The summed E-state index contributed by atoms with van der Waals surface area (Å²) in [7, 11) is -3.52. The molecular weight excluding hydrogens is 226 g/mol. The molecule has 1 fully saturated rings. The average Bonchev–Trinajstić information content (AvgIpc) is 2.65. The Morgan fingerprint density at radius 2 is 2.25 bits per heavy atom. The van der Waals surface area contributed by atoms with Crippen LogP contribution in [0.25, 0.3) is 0 Å². The number of nitriles is 1. The van der Waals surface area contributed by atoms with Gasteiger partial charge in [-0.3, -0.25) is 0 Å². The van der Waals surface area contributed by atoms with Crippen molar-refractivity contribution in [1.82, 2.24) is 4.72 Å². The number of hydrogen-bond donors (Lipinski definition) is 2. The van der Waals surface area contributed by atoms with Gasteiger partial charge in [0.1, 0.15) is 0 Å². The van der Waals surface area contributed by atoms with Crippen LogP contribution < -0.4 is 10.5 Å². The molecule has 1 saturated carbocycles. The molecule has 1 aliphatic carbocycles. The largest absolute Gasteiger partial charge is 0.330 e. The minimum atomic E-state index is -3.52. The Labute approximate surface area is 97.1 Å². The number of rotatable bonds is 5. The first-order valence-corrected chi connectivity index (χ1v) is 7.20. The Hall–Kier alpha value is -0.640. The molecule has 0 saturated heterocycles. The number of sulfonamides is 1. The highest BCUT2D eigenvalue weighted by molar-refractivity contribution is 7.90. The van der Waals surface area contributed by atoms with Crippen molar-refractivity contribution in [3.8, 4) is 6.07 Å². The summed E-state index contributed by atoms with van der Waals surface area (Å²) >= 11 is 0. The number of nitrogens with two attached hydrogens (primary N) is 1. The fourth-order valence-corrected chi connectivity index (χ4v) is 3.62. The predicted octanol–water partition coefficient (Wildman–Crippen LogP) is 0.335. The zero-order chi connectivity index (χ0) is 12.2. The summed E-state index contributed by atoms with van der Waals surface area (Å²) in [6, 6.07) is 1.73. The third-order valence-electron chi connectivity index (χ3n) is 3.17. The lowest BCUT2D eigenvalue weighted by atomic mass is 10.1. The Morgan fingerprint density at radius 1 is 1.56 bits per heavy atom. The van der Waals surface area contributed by atoms with Crippen molar-refractivity contribution in [2.24, 2.45) is 11.7 Å². The van der Waals surface area contributed by atoms with Gasteiger partial charge >= 0.3 is 0 Å². The molecule has 1 aliphatic rings. The second-order valence-electron chi connectivity index (χ2n) is 4.22. The van der Waals surface area contributed by atoms with Crippen molar-refractivity contribution in [3.63, 3.8) is 0 Å². The lowest BCUT2D eigenvalue weighted by molar-refractivity contribution is 0.451. The maximum Gasteiger partial charge on any atom is 0.228 e. The summed E-state index contributed by atoms with van der Waals surface area (Å²) in [5.74, 6) is 0.214. The van der Waals surface area contributed by atoms with E-state index in [0.717, 1.165) is 19.3 Å². The second kappa shape index (κ2) is 5.62. The minimum absolute atomic E-state index is 0.0857. The van der Waals surface area contributed by atoms with Gasteiger partial charge in [-0.2, -0.15) is 5.26 Å². The van der Waals surface area contributed by atoms with E-state index < -0.39 is 15.3 Å². The topological polar surface area (TPSA) is 96.0 Å². The number of nitrogens with zero attached hydrogens (tertiary/aromatic N) is 1. The van der Waals surface area contributed by atoms with Crippen LogP contribution in [0.2, 0.25) is 0 Å². The van der Waals surface area contributed by atoms with Crippen molar-refractivity contribution in [1.29, 1.82) is 5.26 Å². The van der Waals surface area contributed by atoms with E-state index >= 15 is 0 Å². The monoisotopic (exact) mass is 245 g/mol. The van der Waals surface area contributed by atoms with Crippen LogP contribution in [0.5, 0.6) is 0 Å². The molecule has 3 N–H and O–H groups in total. The molecule has 0 spiro atoms. The van der Waals surface area contributed by atoms with Crippen LogP contribution in [0.4, 0.5) is 0 Å². The van der Waals surface area contributed by atoms with Gasteiger partial charge < -0.3 is 5.73 Å². The normalized spacial score (nSPS) is 27.6. The van der Waals surface area contributed by atoms with Crippen molar-refractivity contribution in [2.45, 2.75) is 43.9 Å². The van der Waals surface area contributed by atoms with Gasteiger partial charge in [-0.15, -0.1) is 0 Å². The molecule has 1 rings (SSSR count). The quantitative estimate of drug-likeness (QED) is 0.729. The first-order chi connectivity index (χ1) is 7.55. The number of nitrogens with one attached hydrogen (secondary N) is 1. The standard InChI is InChI=1S/C10H19N3O2S/c1-2-9(7-12)16(14,15)13-10-5-3-4-8(10)6-11/h8-10,13H,2-6,11H2,1H3. The van der Waals surface area contributed by atoms with Crippen LogP contribution in [-0.4, -0.2) is 26.3 Å². The molecule has 0 aromatic rings. The first-order valence-electron chi connectivity index (χ1n) is 5.66. The Bertz CT molecular complexity index is 361. The van der Waals surface area contributed by atoms with Crippen LogP contribution in [0.15, 0.2) is 0 Å². The molecule has 3 unspecified atom stereocenters. The summed E-state index contributed by atoms with van der Waals surface area (Å²) < 4.78 is 26.3. The minimum Gasteiger partial charge on any atom is -0.330 e. The predicted molar refractivity (Wildman–Crippen MR) is 61.9 cm³/mol. The molecule has 0 amide bonds. The van der Waals surface area contributed by atoms with E-state index in [-0.39, 0.29) is 12.0 Å². The third kappa shape index (κ3) is 2.94. The van der Waals surface area contributed by atoms with E-state index in [0.29, 0.717) is 13.0 Å². The van der Waals surface area contributed by atoms with E-state index in [2.05, 4.69) is 4.72 Å². The van der Waals surface area contributed by atoms with Crippen molar-refractivity contribution < 1.29 is 8.42 Å². The summed E-state index contributed by atoms with van der Waals surface area (Å²) in [5.41, 5.74) is 5.58. The highest BCUT2D eigenvalue weighted by Crippen LogP contribution is 2.25. The molecule has 0 heterocycles. The molecular formula is C10H19N3O2S. The zero-order valence-electron chi connectivity index (χ0n) is 9.52. The summed E-state index contributed by atoms with van der Waals surface area (Å²) in [6.07, 6.45) is 3.10. The van der Waals surface area contributed by atoms with Gasteiger partial charge in [-0.1, -0.05) is 13.3 Å². The third-order valence-corrected chi connectivity index (χ3v) is 4.99. The molecule has 0 bridgehead atoms. The van der Waals surface area contributed by atoms with Gasteiger partial charge in [0, 0.05) is 6.04 Å². The molecule has 3 atom stereocenters. The van der Waals surface area contributed by atoms with Crippen LogP contribution in [0, 0.1) is 17.2 Å². The summed E-state index contributed by atoms with van der Waals surface area (Å²) in [4.78, 5) is 0. The number of hydrogen-bond acceptors (Lipinski definition) is 4. The molecule has 16 heavy (non-hydrogen) atoms. The van der Waals surface area contributed by atoms with Gasteiger partial charge in [0.2, 0.25) is 10.0 Å². The van der Waals surface area contributed by atoms with E-state index in [1.54, 1.807) is 6.92 Å². The van der Waals surface area contributed by atoms with Crippen molar-refractivity contribution in [2.75, 3.05) is 6.54 Å². The van der Waals surface area contributed by atoms with Crippen molar-refractivity contribution in [3.05, 3.63) is 0 Å². The fraction of sp³-hybridized carbons (Fsp3) is 0.900. The van der Waals surface area contributed by atoms with Crippen LogP contribution in [-0.2, 0) is 10.0 Å². The maximum absolute atomic E-state index is 11.8. The lowest BCUT2D eigenvalue weighted by Crippen LogP contribution is -2.43. The lowest BCUT2D eigenvalue weighted by Gasteiger charge is -2.20. The molecule has 92 valence electrons. The van der Waals surface area contributed by atoms with E-state index in [1.807, 2.05) is 6.07 Å². The van der Waals surface area contributed by atoms with Gasteiger partial charge in [-0.25, -0.2) is 13.1 Å². The highest BCUT2D eigenvalue weighted by Gasteiger charge is 2.32. The second-order valence-corrected chi connectivity index (χ2v) is 6.12. The molecule has 0 aliphatic heterocycles. The molecule has 0 radical (unpaired) electrons. The highest BCUT2D eigenvalue weighted by atomic mass is 32.2. The average molecular weight is 245 g/mol. The van der Waals surface area contributed by atoms with Crippen molar-refractivity contribution >= 4 is 10.0 Å². The van der Waals surface area contributed by atoms with E-state index in [9.17, 15) is 8.42 Å². The van der Waals surface area contributed by atoms with Crippen LogP contribution in [0.1, 0.15) is 32.6 Å². The SMILES string of the molecule is CCC(C#N)S(=O)(=O)NC1CCCC1CN. The molecule has 0 aromatic heterocycles. The van der Waals surface area contributed by atoms with Gasteiger partial charge in [0.05, 0.1) is 6.07 Å². The molecule has 6 heteroatoms. The summed E-state index contributed by atoms with van der Waals surface area (Å²) in [6.45, 7) is 2.19. The van der Waals surface area contributed by atoms with Gasteiger partial charge in [-0.05, 0) is 31.7 Å². The summed E-state index contributed by atoms with van der Waals surface area (Å²) in [5, 5.41) is 7.81. The van der Waals surface area contributed by atoms with Crippen LogP contribution >= 0.6 is 0 Å². The molecule has 5 nitrogen and oxygen atoms in total. The van der Waals surface area contributed by atoms with E-state index in [1.165, 1.54) is 0 Å². The zero-order valence-corrected chi connectivity index (χ0v) is 10.3. The Morgan fingerprint density at radius 3 is 2.75 bits per heavy atom. The van der Waals surface area contributed by atoms with Gasteiger partial charge in [0.25, 0.3) is 0 Å². The fourth-order valence-electron chi connectivity index (χ4n) is 2.15. The van der Waals surface area contributed by atoms with Crippen LogP contribution in [0.3, 0.4) is 0 Å². The Kier molecular flexibility index (Phi) is 4.71. The van der Waals surface area contributed by atoms with Gasteiger partial charge in [0.15, 0.2) is 5.25 Å². The maximum atomic E-state index is 11.8. The van der Waals surface area contributed by atoms with E-state index in [4.69, 9.17) is 11.0 Å². The Balaban J connectivity index is 2.69. The first kappa shape index (κ1) is 13.4. The smallest absolute Gasteiger partial charge is 0.228 e. The molecule has 0 aromatic carbocycles.